The number of hydrogen-bond acceptors (Lipinski definition) is 22. The zero-order chi connectivity index (χ0) is 61.0. The standard InChI is InChI=1S/C45H75N13O21/c1-22(37(65)49-25(4)40(68)52-28(7)43(71)56(74)16-13-34(62)77-10)46-31(59)19-55(20-32(60)47-23(2)38(66)50-26(5)41(69)53-29(8)44(72)57(75)17-14-35(63)78-11)21-33(61)48-24(3)39(67)51-27(6)42(70)54-30(9)45(73)58(76)18-15-36(64)79-12/h22-30,74-76H,13-21H2,1-12H3,(H,46,59)(H,47,60)(H,48,61)(H,49,65)(H,50,66)(H,51,67)(H,52,68)(H,53,69)(H,54,70)/t22-,23-,24-,25-,26-,27-,28-,29-,30-/m0/s1. The minimum Gasteiger partial charge on any atom is -0.469 e. The number of rotatable bonds is 33. The van der Waals surface area contributed by atoms with Crippen LogP contribution in [-0.4, -0.2) is 239 Å². The van der Waals surface area contributed by atoms with Crippen molar-refractivity contribution in [3.05, 3.63) is 0 Å². The summed E-state index contributed by atoms with van der Waals surface area (Å²) < 4.78 is 13.3. The van der Waals surface area contributed by atoms with Gasteiger partial charge < -0.3 is 62.1 Å². The number of methoxy groups -OCH3 is 3. The van der Waals surface area contributed by atoms with Gasteiger partial charge in [0, 0.05) is 0 Å². The summed E-state index contributed by atoms with van der Waals surface area (Å²) in [6, 6.07) is -12.1. The number of nitrogens with zero attached hydrogens (tertiary/aromatic N) is 4. The van der Waals surface area contributed by atoms with Crippen LogP contribution in [0, 0.1) is 0 Å². The molecular weight excluding hydrogens is 1060 g/mol. The van der Waals surface area contributed by atoms with Crippen molar-refractivity contribution in [3.63, 3.8) is 0 Å². The van der Waals surface area contributed by atoms with Crippen molar-refractivity contribution in [3.8, 4) is 0 Å². The average Bonchev–Trinajstić information content (AvgIpc) is 3.38. The molecule has 34 nitrogen and oxygen atoms in total. The Kier molecular flexibility index (Phi) is 31.7. The van der Waals surface area contributed by atoms with Crippen LogP contribution in [0.2, 0.25) is 0 Å². The molecule has 0 aliphatic carbocycles. The third-order valence-corrected chi connectivity index (χ3v) is 10.9. The number of ether oxygens (including phenoxy) is 3. The third kappa shape index (κ3) is 27.2. The van der Waals surface area contributed by atoms with E-state index in [2.05, 4.69) is 62.1 Å². The van der Waals surface area contributed by atoms with E-state index in [1.54, 1.807) is 0 Å². The Morgan fingerprint density at radius 3 is 0.684 bits per heavy atom. The van der Waals surface area contributed by atoms with Gasteiger partial charge in [0.25, 0.3) is 17.7 Å². The van der Waals surface area contributed by atoms with Gasteiger partial charge in [-0.2, -0.15) is 0 Å². The Hall–Kier alpha value is -8.11. The van der Waals surface area contributed by atoms with Crippen LogP contribution in [0.3, 0.4) is 0 Å². The van der Waals surface area contributed by atoms with Gasteiger partial charge in [0.05, 0.1) is 79.9 Å². The summed E-state index contributed by atoms with van der Waals surface area (Å²) in [5.41, 5.74) is 0. The molecule has 0 saturated carbocycles. The predicted molar refractivity (Wildman–Crippen MR) is 265 cm³/mol. The summed E-state index contributed by atoms with van der Waals surface area (Å²) in [4.78, 5) is 190. The molecule has 0 aromatic carbocycles. The molecule has 0 aromatic heterocycles. The number of hydrogen-bond donors (Lipinski definition) is 12. The number of nitrogens with one attached hydrogen (secondary N) is 9. The molecule has 0 aliphatic heterocycles. The molecule has 0 unspecified atom stereocenters. The van der Waals surface area contributed by atoms with Crippen LogP contribution >= 0.6 is 0 Å². The molecule has 0 aliphatic rings. The normalized spacial score (nSPS) is 14.1. The van der Waals surface area contributed by atoms with Crippen LogP contribution in [0.4, 0.5) is 0 Å². The topological polar surface area (TPSA) is 466 Å². The zero-order valence-corrected chi connectivity index (χ0v) is 46.0. The molecule has 79 heavy (non-hydrogen) atoms. The van der Waals surface area contributed by atoms with E-state index in [1.807, 2.05) is 0 Å². The SMILES string of the molecule is COC(=O)CCN(O)C(=O)[C@H](C)NC(=O)[C@H](C)NC(=O)[C@H](C)NC(=O)CN(CC(=O)N[C@@H](C)C(=O)N[C@@H](C)C(=O)N[C@@H](C)C(=O)N(O)CCC(=O)OC)CC(=O)N[C@@H](C)C(=O)N[C@@H](C)C(=O)N[C@@H](C)C(=O)N(O)CCC(=O)OC. The van der Waals surface area contributed by atoms with Crippen molar-refractivity contribution >= 4 is 88.8 Å². The minimum absolute atomic E-state index is 0.200. The molecular formula is C45H75N13O21. The van der Waals surface area contributed by atoms with E-state index in [0.717, 1.165) is 26.2 Å². The van der Waals surface area contributed by atoms with E-state index in [-0.39, 0.29) is 34.5 Å². The highest BCUT2D eigenvalue weighted by molar-refractivity contribution is 5.97. The van der Waals surface area contributed by atoms with Crippen molar-refractivity contribution in [2.75, 3.05) is 60.6 Å². The summed E-state index contributed by atoms with van der Waals surface area (Å²) in [6.07, 6.45) is -1.04. The lowest BCUT2D eigenvalue weighted by atomic mass is 10.2. The van der Waals surface area contributed by atoms with Gasteiger partial charge in [-0.25, -0.2) is 15.2 Å². The lowest BCUT2D eigenvalue weighted by Gasteiger charge is -2.25. The highest BCUT2D eigenvalue weighted by Gasteiger charge is 2.31. The van der Waals surface area contributed by atoms with Crippen molar-refractivity contribution in [2.24, 2.45) is 0 Å². The van der Waals surface area contributed by atoms with Gasteiger partial charge in [-0.3, -0.25) is 92.4 Å². The number of esters is 3. The second-order valence-corrected chi connectivity index (χ2v) is 17.8. The second-order valence-electron chi connectivity index (χ2n) is 17.8. The molecule has 0 bridgehead atoms. The molecule has 0 fully saturated rings. The maximum Gasteiger partial charge on any atom is 0.307 e. The van der Waals surface area contributed by atoms with Gasteiger partial charge in [-0.05, 0) is 62.3 Å². The molecule has 0 spiro atoms. The fourth-order valence-electron chi connectivity index (χ4n) is 6.15. The van der Waals surface area contributed by atoms with E-state index in [9.17, 15) is 87.5 Å². The minimum atomic E-state index is -1.39. The van der Waals surface area contributed by atoms with Crippen molar-refractivity contribution < 1.29 is 102 Å². The lowest BCUT2D eigenvalue weighted by molar-refractivity contribution is -0.170. The van der Waals surface area contributed by atoms with Crippen molar-refractivity contribution in [2.45, 2.75) is 136 Å². The predicted octanol–water partition coefficient (Wildman–Crippen LogP) is -6.83. The molecule has 0 radical (unpaired) electrons. The van der Waals surface area contributed by atoms with Crippen LogP contribution in [0.1, 0.15) is 81.6 Å². The van der Waals surface area contributed by atoms with Gasteiger partial charge >= 0.3 is 17.9 Å². The van der Waals surface area contributed by atoms with Crippen molar-refractivity contribution in [1.82, 2.24) is 67.9 Å². The highest BCUT2D eigenvalue weighted by atomic mass is 16.5. The number of hydroxylamine groups is 6. The van der Waals surface area contributed by atoms with Gasteiger partial charge in [0.15, 0.2) is 0 Å². The first-order valence-electron chi connectivity index (χ1n) is 24.3. The van der Waals surface area contributed by atoms with Crippen LogP contribution in [0.25, 0.3) is 0 Å². The molecule has 0 rings (SSSR count). The van der Waals surface area contributed by atoms with Gasteiger partial charge in [0.1, 0.15) is 54.4 Å². The van der Waals surface area contributed by atoms with Crippen LogP contribution in [0.15, 0.2) is 0 Å². The average molecular weight is 1130 g/mol. The van der Waals surface area contributed by atoms with E-state index in [1.165, 1.54) is 62.3 Å². The Balaban J connectivity index is 6.00. The monoisotopic (exact) mass is 1130 g/mol. The summed E-state index contributed by atoms with van der Waals surface area (Å²) in [6.45, 7) is 7.24. The van der Waals surface area contributed by atoms with E-state index < -0.39 is 182 Å². The first-order chi connectivity index (χ1) is 36.7. The van der Waals surface area contributed by atoms with Gasteiger partial charge in [0.2, 0.25) is 53.2 Å². The summed E-state index contributed by atoms with van der Waals surface area (Å²) in [7, 11) is 3.32. The van der Waals surface area contributed by atoms with E-state index >= 15 is 0 Å². The largest absolute Gasteiger partial charge is 0.469 e. The van der Waals surface area contributed by atoms with Crippen LogP contribution in [0.5, 0.6) is 0 Å². The molecule has 34 heteroatoms. The molecule has 9 atom stereocenters. The summed E-state index contributed by atoms with van der Waals surface area (Å²) in [5, 5.41) is 51.3. The van der Waals surface area contributed by atoms with Crippen LogP contribution < -0.4 is 47.9 Å². The zero-order valence-electron chi connectivity index (χ0n) is 46.0. The Bertz CT molecular complexity index is 1980. The first kappa shape index (κ1) is 70.9. The lowest BCUT2D eigenvalue weighted by Crippen LogP contribution is -2.57. The number of amides is 12. The maximum absolute atomic E-state index is 13.4. The van der Waals surface area contributed by atoms with Gasteiger partial charge in [-0.15, -0.1) is 0 Å². The highest BCUT2D eigenvalue weighted by Crippen LogP contribution is 2.02. The summed E-state index contributed by atoms with van der Waals surface area (Å²) in [5.74, 6) is -13.5. The van der Waals surface area contributed by atoms with Crippen LogP contribution in [-0.2, 0) is 86.1 Å². The Labute approximate surface area is 454 Å². The first-order valence-corrected chi connectivity index (χ1v) is 24.3. The molecule has 0 heterocycles. The molecule has 12 amide bonds. The summed E-state index contributed by atoms with van der Waals surface area (Å²) >= 11 is 0. The smallest absolute Gasteiger partial charge is 0.307 e. The number of carbonyl (C=O) groups is 15. The fraction of sp³-hybridized carbons (Fsp3) is 0.667. The quantitative estimate of drug-likeness (QED) is 0.0126. The number of carbonyl (C=O) groups excluding carboxylic acids is 15. The molecule has 0 saturated heterocycles. The Morgan fingerprint density at radius 2 is 0.494 bits per heavy atom. The maximum atomic E-state index is 13.4. The van der Waals surface area contributed by atoms with Gasteiger partial charge in [-0.1, -0.05) is 0 Å². The molecule has 12 N–H and O–H groups in total. The Morgan fingerprint density at radius 1 is 0.316 bits per heavy atom. The van der Waals surface area contributed by atoms with Crippen molar-refractivity contribution in [1.29, 1.82) is 0 Å². The third-order valence-electron chi connectivity index (χ3n) is 10.9. The molecule has 0 aromatic rings. The second kappa shape index (κ2) is 35.3. The van der Waals surface area contributed by atoms with E-state index in [0.29, 0.717) is 0 Å². The fourth-order valence-corrected chi connectivity index (χ4v) is 6.15. The van der Waals surface area contributed by atoms with E-state index in [4.69, 9.17) is 0 Å². The molecule has 446 valence electrons.